The van der Waals surface area contributed by atoms with Gasteiger partial charge >= 0.3 is 5.69 Å². The average Bonchev–Trinajstić information content (AvgIpc) is 3.17. The molecule has 0 saturated heterocycles. The summed E-state index contributed by atoms with van der Waals surface area (Å²) < 4.78 is 15.6. The average molecular weight is 428 g/mol. The minimum Gasteiger partial charge on any atom is -0.497 e. The van der Waals surface area contributed by atoms with E-state index < -0.39 is 0 Å². The first-order valence-corrected chi connectivity index (χ1v) is 10.6. The number of rotatable bonds is 6. The zero-order valence-corrected chi connectivity index (χ0v) is 18.7. The first kappa shape index (κ1) is 21.0. The molecule has 166 valence electrons. The Morgan fingerprint density at radius 3 is 2.58 bits per heavy atom. The molecule has 0 N–H and O–H groups in total. The molecule has 0 atom stereocenters. The second-order valence-corrected chi connectivity index (χ2v) is 8.26. The molecule has 4 rings (SSSR count). The van der Waals surface area contributed by atoms with E-state index in [1.807, 2.05) is 27.7 Å². The molecule has 3 aromatic rings. The van der Waals surface area contributed by atoms with Crippen molar-refractivity contribution >= 4 is 22.8 Å². The number of anilines is 2. The monoisotopic (exact) mass is 427 g/mol. The Bertz CT molecular complexity index is 1240. The lowest BCUT2D eigenvalue weighted by molar-refractivity contribution is 0.394. The Morgan fingerprint density at radius 1 is 1.13 bits per heavy atom. The van der Waals surface area contributed by atoms with Gasteiger partial charge in [0.1, 0.15) is 11.5 Å². The van der Waals surface area contributed by atoms with Crippen LogP contribution < -0.4 is 25.6 Å². The van der Waals surface area contributed by atoms with Crippen LogP contribution in [0.2, 0.25) is 0 Å². The van der Waals surface area contributed by atoms with Crippen molar-refractivity contribution in [2.45, 2.75) is 39.8 Å². The number of aromatic nitrogens is 4. The highest BCUT2D eigenvalue weighted by atomic mass is 16.5. The zero-order chi connectivity index (χ0) is 22.3. The van der Waals surface area contributed by atoms with Gasteiger partial charge in [0.2, 0.25) is 5.95 Å². The Balaban J connectivity index is 1.91. The van der Waals surface area contributed by atoms with Crippen LogP contribution in [0.3, 0.4) is 0 Å². The number of nitrogens with zero attached hydrogens (tertiary/aromatic N) is 5. The van der Waals surface area contributed by atoms with Gasteiger partial charge in [-0.1, -0.05) is 13.8 Å². The molecule has 0 fully saturated rings. The number of benzene rings is 1. The lowest BCUT2D eigenvalue weighted by atomic mass is 10.1. The fourth-order valence-electron chi connectivity index (χ4n) is 4.09. The highest BCUT2D eigenvalue weighted by molar-refractivity contribution is 5.78. The standard InChI is InChI=1S/C22H29N5O4/c1-14(2)9-12-27-20(28)18-19(24(3)22(27)29)23-21-25(10-6-11-26(18)21)16-8-7-15(30-4)13-17(16)31-5/h7-8,13-14H,6,9-12H2,1-5H3. The van der Waals surface area contributed by atoms with Crippen LogP contribution in [0.15, 0.2) is 27.8 Å². The summed E-state index contributed by atoms with van der Waals surface area (Å²) in [6.45, 7) is 5.94. The molecule has 1 aromatic carbocycles. The van der Waals surface area contributed by atoms with Crippen molar-refractivity contribution in [3.05, 3.63) is 39.0 Å². The van der Waals surface area contributed by atoms with Gasteiger partial charge in [0.15, 0.2) is 11.2 Å². The SMILES string of the molecule is COc1ccc(N2CCCn3c2nc2c3c(=O)n(CCC(C)C)c(=O)n2C)c(OC)c1. The first-order chi connectivity index (χ1) is 14.9. The highest BCUT2D eigenvalue weighted by Gasteiger charge is 2.28. The summed E-state index contributed by atoms with van der Waals surface area (Å²) in [7, 11) is 4.90. The van der Waals surface area contributed by atoms with Crippen LogP contribution in [-0.4, -0.2) is 39.4 Å². The van der Waals surface area contributed by atoms with E-state index in [2.05, 4.69) is 13.8 Å². The van der Waals surface area contributed by atoms with Crippen molar-refractivity contribution in [3.8, 4) is 11.5 Å². The van der Waals surface area contributed by atoms with E-state index in [0.717, 1.165) is 25.1 Å². The molecule has 31 heavy (non-hydrogen) atoms. The van der Waals surface area contributed by atoms with Crippen LogP contribution in [0.5, 0.6) is 11.5 Å². The molecule has 0 unspecified atom stereocenters. The predicted molar refractivity (Wildman–Crippen MR) is 120 cm³/mol. The second kappa shape index (κ2) is 8.13. The molecule has 3 heterocycles. The van der Waals surface area contributed by atoms with Crippen LogP contribution in [0, 0.1) is 5.92 Å². The third-order valence-corrected chi connectivity index (χ3v) is 5.82. The third kappa shape index (κ3) is 3.47. The minimum atomic E-state index is -0.331. The molecule has 0 saturated carbocycles. The third-order valence-electron chi connectivity index (χ3n) is 5.82. The summed E-state index contributed by atoms with van der Waals surface area (Å²) in [6.07, 6.45) is 1.60. The Morgan fingerprint density at radius 2 is 1.90 bits per heavy atom. The molecule has 0 aliphatic carbocycles. The molecular weight excluding hydrogens is 398 g/mol. The maximum absolute atomic E-state index is 13.3. The van der Waals surface area contributed by atoms with E-state index >= 15 is 0 Å². The van der Waals surface area contributed by atoms with E-state index in [9.17, 15) is 9.59 Å². The number of fused-ring (bicyclic) bond motifs is 3. The van der Waals surface area contributed by atoms with Crippen molar-refractivity contribution in [1.82, 2.24) is 18.7 Å². The topological polar surface area (TPSA) is 83.5 Å². The first-order valence-electron chi connectivity index (χ1n) is 10.6. The van der Waals surface area contributed by atoms with Crippen LogP contribution in [0.1, 0.15) is 26.7 Å². The smallest absolute Gasteiger partial charge is 0.332 e. The normalized spacial score (nSPS) is 13.7. The van der Waals surface area contributed by atoms with Crippen LogP contribution in [0.4, 0.5) is 11.6 Å². The molecular formula is C22H29N5O4. The Labute approximate surface area is 180 Å². The van der Waals surface area contributed by atoms with Crippen molar-refractivity contribution in [2.24, 2.45) is 13.0 Å². The largest absolute Gasteiger partial charge is 0.497 e. The van der Waals surface area contributed by atoms with E-state index in [0.29, 0.717) is 47.6 Å². The van der Waals surface area contributed by atoms with Gasteiger partial charge in [0, 0.05) is 32.7 Å². The zero-order valence-electron chi connectivity index (χ0n) is 18.7. The van der Waals surface area contributed by atoms with E-state index in [4.69, 9.17) is 14.5 Å². The number of hydrogen-bond donors (Lipinski definition) is 0. The van der Waals surface area contributed by atoms with Gasteiger partial charge in [-0.05, 0) is 30.9 Å². The number of hydrogen-bond acceptors (Lipinski definition) is 6. The second-order valence-electron chi connectivity index (χ2n) is 8.26. The summed E-state index contributed by atoms with van der Waals surface area (Å²) in [6, 6.07) is 5.62. The summed E-state index contributed by atoms with van der Waals surface area (Å²) in [5.41, 5.74) is 1.11. The predicted octanol–water partition coefficient (Wildman–Crippen LogP) is 2.50. The van der Waals surface area contributed by atoms with Gasteiger partial charge in [-0.15, -0.1) is 0 Å². The summed E-state index contributed by atoms with van der Waals surface area (Å²) in [5, 5.41) is 0. The van der Waals surface area contributed by atoms with Gasteiger partial charge in [0.25, 0.3) is 5.56 Å². The highest BCUT2D eigenvalue weighted by Crippen LogP contribution is 2.38. The quantitative estimate of drug-likeness (QED) is 0.601. The van der Waals surface area contributed by atoms with Crippen LogP contribution in [-0.2, 0) is 20.1 Å². The van der Waals surface area contributed by atoms with E-state index in [1.165, 1.54) is 9.13 Å². The number of methoxy groups -OCH3 is 2. The minimum absolute atomic E-state index is 0.277. The maximum Gasteiger partial charge on any atom is 0.332 e. The molecule has 1 aliphatic heterocycles. The fraction of sp³-hybridized carbons (Fsp3) is 0.500. The molecule has 0 radical (unpaired) electrons. The molecule has 0 bridgehead atoms. The Hall–Kier alpha value is -3.23. The summed E-state index contributed by atoms with van der Waals surface area (Å²) >= 11 is 0. The van der Waals surface area contributed by atoms with Crippen molar-refractivity contribution < 1.29 is 9.47 Å². The van der Waals surface area contributed by atoms with Crippen LogP contribution in [0.25, 0.3) is 11.2 Å². The fourth-order valence-corrected chi connectivity index (χ4v) is 4.09. The van der Waals surface area contributed by atoms with Crippen molar-refractivity contribution in [1.29, 1.82) is 0 Å². The van der Waals surface area contributed by atoms with E-state index in [1.54, 1.807) is 21.3 Å². The van der Waals surface area contributed by atoms with Gasteiger partial charge in [0.05, 0.1) is 19.9 Å². The van der Waals surface area contributed by atoms with Gasteiger partial charge in [-0.2, -0.15) is 4.98 Å². The van der Waals surface area contributed by atoms with Crippen LogP contribution >= 0.6 is 0 Å². The van der Waals surface area contributed by atoms with Crippen molar-refractivity contribution in [3.63, 3.8) is 0 Å². The number of ether oxygens (including phenoxy) is 2. The molecule has 0 amide bonds. The number of imidazole rings is 1. The molecule has 2 aromatic heterocycles. The van der Waals surface area contributed by atoms with Gasteiger partial charge in [-0.3, -0.25) is 13.9 Å². The lowest BCUT2D eigenvalue weighted by Gasteiger charge is -2.30. The summed E-state index contributed by atoms with van der Waals surface area (Å²) in [5.74, 6) is 2.38. The molecule has 9 heteroatoms. The van der Waals surface area contributed by atoms with Gasteiger partial charge < -0.3 is 18.9 Å². The molecule has 0 spiro atoms. The van der Waals surface area contributed by atoms with Gasteiger partial charge in [-0.25, -0.2) is 4.79 Å². The summed E-state index contributed by atoms with van der Waals surface area (Å²) in [4.78, 5) is 33.0. The lowest BCUT2D eigenvalue weighted by Crippen LogP contribution is -2.40. The van der Waals surface area contributed by atoms with Crippen molar-refractivity contribution in [2.75, 3.05) is 25.7 Å². The molecule has 1 aliphatic rings. The number of aryl methyl sites for hydroxylation is 2. The van der Waals surface area contributed by atoms with E-state index in [-0.39, 0.29) is 11.2 Å². The maximum atomic E-state index is 13.3. The molecule has 9 nitrogen and oxygen atoms in total. The Kier molecular flexibility index (Phi) is 5.51.